The summed E-state index contributed by atoms with van der Waals surface area (Å²) in [6.45, 7) is 0. The van der Waals surface area contributed by atoms with Crippen molar-refractivity contribution in [3.8, 4) is 5.69 Å². The van der Waals surface area contributed by atoms with Gasteiger partial charge in [-0.05, 0) is 67.6 Å². The van der Waals surface area contributed by atoms with E-state index in [1.165, 1.54) is 14.0 Å². The zero-order valence-electron chi connectivity index (χ0n) is 17.4. The Kier molecular flexibility index (Phi) is 4.78. The molecular weight excluding hydrogens is 458 g/mol. The number of hydrogen-bond donors (Lipinski definition) is 1. The molecule has 1 aliphatic rings. The predicted molar refractivity (Wildman–Crippen MR) is 130 cm³/mol. The molecule has 3 aromatic heterocycles. The SMILES string of the molecule is O=C(Nc1ccccc1)c1nn(-c2ccc(Cl)cc2)c2nc3sc4c(c3c(=O)n12)CCCC4. The van der Waals surface area contributed by atoms with E-state index < -0.39 is 5.91 Å². The zero-order chi connectivity index (χ0) is 22.5. The number of nitrogens with one attached hydrogen (secondary N) is 1. The normalized spacial score (nSPS) is 13.4. The molecule has 1 aliphatic carbocycles. The largest absolute Gasteiger partial charge is 0.319 e. The van der Waals surface area contributed by atoms with Gasteiger partial charge in [0.2, 0.25) is 11.6 Å². The van der Waals surface area contributed by atoms with Crippen LogP contribution in [-0.4, -0.2) is 25.1 Å². The molecule has 1 amide bonds. The van der Waals surface area contributed by atoms with E-state index in [1.54, 1.807) is 47.7 Å². The number of amides is 1. The number of carbonyl (C=O) groups excluding carboxylic acids is 1. The number of fused-ring (bicyclic) bond motifs is 4. The number of anilines is 1. The number of rotatable bonds is 3. The van der Waals surface area contributed by atoms with E-state index in [9.17, 15) is 9.59 Å². The molecule has 6 rings (SSSR count). The maximum atomic E-state index is 13.8. The van der Waals surface area contributed by atoms with Crippen LogP contribution in [0.15, 0.2) is 59.4 Å². The molecule has 9 heteroatoms. The molecule has 2 aromatic carbocycles. The van der Waals surface area contributed by atoms with Gasteiger partial charge in [-0.15, -0.1) is 16.4 Å². The Morgan fingerprint density at radius 2 is 1.79 bits per heavy atom. The molecule has 0 aliphatic heterocycles. The fourth-order valence-corrected chi connectivity index (χ4v) is 5.70. The fraction of sp³-hybridized carbons (Fsp3) is 0.167. The van der Waals surface area contributed by atoms with Crippen LogP contribution in [-0.2, 0) is 12.8 Å². The summed E-state index contributed by atoms with van der Waals surface area (Å²) in [4.78, 5) is 33.8. The predicted octanol–water partition coefficient (Wildman–Crippen LogP) is 4.88. The highest BCUT2D eigenvalue weighted by atomic mass is 35.5. The van der Waals surface area contributed by atoms with Gasteiger partial charge in [0.1, 0.15) is 4.83 Å². The van der Waals surface area contributed by atoms with E-state index >= 15 is 0 Å². The number of benzene rings is 2. The number of aromatic nitrogens is 4. The van der Waals surface area contributed by atoms with Crippen LogP contribution in [0.2, 0.25) is 5.02 Å². The van der Waals surface area contributed by atoms with Gasteiger partial charge in [-0.2, -0.15) is 4.68 Å². The number of carbonyl (C=O) groups is 1. The molecule has 0 saturated carbocycles. The van der Waals surface area contributed by atoms with Crippen LogP contribution in [0.1, 0.15) is 33.9 Å². The first-order valence-electron chi connectivity index (χ1n) is 10.7. The number of nitrogens with zero attached hydrogens (tertiary/aromatic N) is 4. The number of halogens is 1. The van der Waals surface area contributed by atoms with Crippen molar-refractivity contribution >= 4 is 50.5 Å². The van der Waals surface area contributed by atoms with Gasteiger partial charge < -0.3 is 5.32 Å². The molecule has 1 N–H and O–H groups in total. The molecule has 3 heterocycles. The molecule has 5 aromatic rings. The summed E-state index contributed by atoms with van der Waals surface area (Å²) in [7, 11) is 0. The van der Waals surface area contributed by atoms with Gasteiger partial charge in [0, 0.05) is 15.6 Å². The summed E-state index contributed by atoms with van der Waals surface area (Å²) in [6, 6.07) is 16.1. The highest BCUT2D eigenvalue weighted by molar-refractivity contribution is 7.18. The van der Waals surface area contributed by atoms with Gasteiger partial charge in [0.05, 0.1) is 11.1 Å². The van der Waals surface area contributed by atoms with E-state index in [-0.39, 0.29) is 11.4 Å². The summed E-state index contributed by atoms with van der Waals surface area (Å²) >= 11 is 7.63. The topological polar surface area (TPSA) is 81.3 Å². The van der Waals surface area contributed by atoms with E-state index in [0.29, 0.717) is 32.4 Å². The van der Waals surface area contributed by atoms with Crippen LogP contribution in [0.5, 0.6) is 0 Å². The number of thiophene rings is 1. The second-order valence-electron chi connectivity index (χ2n) is 7.98. The molecule has 0 spiro atoms. The Morgan fingerprint density at radius 1 is 1.03 bits per heavy atom. The molecule has 0 unspecified atom stereocenters. The minimum atomic E-state index is -0.480. The Morgan fingerprint density at radius 3 is 2.58 bits per heavy atom. The van der Waals surface area contributed by atoms with Crippen LogP contribution in [0.3, 0.4) is 0 Å². The smallest absolute Gasteiger partial charge is 0.294 e. The van der Waals surface area contributed by atoms with Crippen LogP contribution in [0.4, 0.5) is 5.69 Å². The van der Waals surface area contributed by atoms with Gasteiger partial charge >= 0.3 is 0 Å². The van der Waals surface area contributed by atoms with Crippen molar-refractivity contribution in [2.45, 2.75) is 25.7 Å². The second-order valence-corrected chi connectivity index (χ2v) is 9.50. The Balaban J connectivity index is 1.62. The van der Waals surface area contributed by atoms with Gasteiger partial charge in [-0.3, -0.25) is 9.59 Å². The maximum Gasteiger partial charge on any atom is 0.294 e. The van der Waals surface area contributed by atoms with Crippen molar-refractivity contribution in [3.05, 3.63) is 86.2 Å². The number of hydrogen-bond acceptors (Lipinski definition) is 5. The van der Waals surface area contributed by atoms with Crippen molar-refractivity contribution < 1.29 is 4.79 Å². The first kappa shape index (κ1) is 20.1. The van der Waals surface area contributed by atoms with Crippen molar-refractivity contribution in [2.75, 3.05) is 5.32 Å². The molecule has 0 saturated heterocycles. The first-order chi connectivity index (χ1) is 16.1. The summed E-state index contributed by atoms with van der Waals surface area (Å²) in [5, 5.41) is 8.55. The zero-order valence-corrected chi connectivity index (χ0v) is 19.0. The third-order valence-corrected chi connectivity index (χ3v) is 7.31. The van der Waals surface area contributed by atoms with Gasteiger partial charge in [-0.25, -0.2) is 9.38 Å². The van der Waals surface area contributed by atoms with E-state index in [0.717, 1.165) is 31.2 Å². The lowest BCUT2D eigenvalue weighted by Gasteiger charge is -2.09. The van der Waals surface area contributed by atoms with Crippen molar-refractivity contribution in [1.29, 1.82) is 0 Å². The summed E-state index contributed by atoms with van der Waals surface area (Å²) < 4.78 is 2.85. The average Bonchev–Trinajstić information content (AvgIpc) is 3.39. The molecule has 0 radical (unpaired) electrons. The monoisotopic (exact) mass is 475 g/mol. The fourth-order valence-electron chi connectivity index (χ4n) is 4.32. The van der Waals surface area contributed by atoms with Gasteiger partial charge in [0.25, 0.3) is 11.5 Å². The van der Waals surface area contributed by atoms with E-state index in [2.05, 4.69) is 10.4 Å². The summed E-state index contributed by atoms with van der Waals surface area (Å²) in [5.74, 6) is -0.197. The molecule has 33 heavy (non-hydrogen) atoms. The van der Waals surface area contributed by atoms with Crippen molar-refractivity contribution in [2.24, 2.45) is 0 Å². The summed E-state index contributed by atoms with van der Waals surface area (Å²) in [6.07, 6.45) is 3.98. The Hall–Kier alpha value is -3.49. The number of aryl methyl sites for hydroxylation is 2. The first-order valence-corrected chi connectivity index (χ1v) is 11.9. The van der Waals surface area contributed by atoms with Crippen LogP contribution in [0, 0.1) is 0 Å². The minimum Gasteiger partial charge on any atom is -0.319 e. The van der Waals surface area contributed by atoms with Crippen LogP contribution in [0.25, 0.3) is 21.7 Å². The average molecular weight is 476 g/mol. The lowest BCUT2D eigenvalue weighted by molar-refractivity contribution is 0.101. The van der Waals surface area contributed by atoms with Crippen molar-refractivity contribution in [3.63, 3.8) is 0 Å². The van der Waals surface area contributed by atoms with E-state index in [4.69, 9.17) is 16.6 Å². The quantitative estimate of drug-likeness (QED) is 0.403. The third kappa shape index (κ3) is 3.34. The van der Waals surface area contributed by atoms with Crippen LogP contribution < -0.4 is 10.9 Å². The Bertz CT molecular complexity index is 1590. The standard InChI is InChI=1S/C24H18ClN5O2S/c25-14-10-12-16(13-11-14)30-24-27-22-19(17-8-4-5-9-18(17)33-22)23(32)29(24)20(28-30)21(31)26-15-6-2-1-3-7-15/h1-3,6-7,10-13H,4-5,8-9H2,(H,26,31). The molecule has 164 valence electrons. The van der Waals surface area contributed by atoms with E-state index in [1.807, 2.05) is 18.2 Å². The lowest BCUT2D eigenvalue weighted by atomic mass is 9.97. The highest BCUT2D eigenvalue weighted by Crippen LogP contribution is 2.34. The third-order valence-electron chi connectivity index (χ3n) is 5.87. The van der Waals surface area contributed by atoms with Crippen molar-refractivity contribution in [1.82, 2.24) is 19.2 Å². The minimum absolute atomic E-state index is 0.0148. The maximum absolute atomic E-state index is 13.8. The molecule has 7 nitrogen and oxygen atoms in total. The molecule has 0 atom stereocenters. The van der Waals surface area contributed by atoms with Crippen LogP contribution >= 0.6 is 22.9 Å². The lowest BCUT2D eigenvalue weighted by Crippen LogP contribution is -2.23. The van der Waals surface area contributed by atoms with Gasteiger partial charge in [0.15, 0.2) is 0 Å². The molecular formula is C24H18ClN5O2S. The van der Waals surface area contributed by atoms with Gasteiger partial charge in [-0.1, -0.05) is 29.8 Å². The molecule has 0 bridgehead atoms. The Labute approximate surface area is 197 Å². The summed E-state index contributed by atoms with van der Waals surface area (Å²) in [5.41, 5.74) is 2.09. The number of para-hydroxylation sites is 1. The highest BCUT2D eigenvalue weighted by Gasteiger charge is 2.26. The second kappa shape index (κ2) is 7.83. The molecule has 0 fully saturated rings.